The standard InChI is InChI=1S/C59H73N9O8S2/c1-13-67-47-30-28-44(78(73,74)75)34-46(47)56(5,6)49(67)17-15-14-16-18-50-57(7,8)45-33-43(77(71)72)27-29-48(45)68(50)59(11,12)58(9,10)51(69)36-61-32-31-52(60)76-37-40-21-25-42(26-22-40)54(70)62-55(3,4)35-39-19-23-41(24-20-39)53-65-63-38(2)64-66-53/h14-30,33-34,52,61H,13,31-32,35-37,60H2,1-12H3,(H2-,62,70,71,72,73,74,75). The molecular weight excluding hydrogens is 1030 g/mol. The maximum Gasteiger partial charge on any atom is 0.294 e. The van der Waals surface area contributed by atoms with Gasteiger partial charge in [-0.1, -0.05) is 82.3 Å². The van der Waals surface area contributed by atoms with Crippen molar-refractivity contribution in [2.24, 2.45) is 11.1 Å². The number of hydrogen-bond donors (Lipinski definition) is 4. The highest BCUT2D eigenvalue weighted by Crippen LogP contribution is 2.54. The lowest BCUT2D eigenvalue weighted by Gasteiger charge is -2.49. The number of ether oxygens (including phenoxy) is 1. The number of aromatic nitrogens is 4. The van der Waals surface area contributed by atoms with Gasteiger partial charge in [-0.2, -0.15) is 13.0 Å². The SMILES string of the molecule is CC[N+]1=C(/C=C/C=C/C=C2/N(C(C)(C)C(C)(C)C(=O)CNCCC(N)OCc3ccc(C(=O)NC(C)(C)Cc4ccc(-c5nnc(C)nn5)cc4)cc3)c3ccc(S(=O)[O-])cc3C2(C)C)C(C)(C)c2cc(S(=O)(=O)O)ccc21. The number of carbonyl (C=O) groups excluding carboxylic acids is 2. The van der Waals surface area contributed by atoms with Crippen LogP contribution in [0.3, 0.4) is 0 Å². The van der Waals surface area contributed by atoms with E-state index in [1.54, 1.807) is 37.3 Å². The maximum absolute atomic E-state index is 14.4. The van der Waals surface area contributed by atoms with Crippen molar-refractivity contribution in [1.29, 1.82) is 0 Å². The Morgan fingerprint density at radius 3 is 2.15 bits per heavy atom. The number of fused-ring (bicyclic) bond motifs is 2. The number of Topliss-reactive ketones (excluding diaryl/α,β-unsaturated/α-hetero) is 1. The zero-order valence-electron chi connectivity index (χ0n) is 46.7. The molecule has 7 rings (SSSR count). The van der Waals surface area contributed by atoms with Gasteiger partial charge in [0.1, 0.15) is 12.8 Å². The fourth-order valence-corrected chi connectivity index (χ4v) is 11.1. The van der Waals surface area contributed by atoms with Crippen molar-refractivity contribution < 1.29 is 40.6 Å². The Labute approximate surface area is 461 Å². The largest absolute Gasteiger partial charge is 0.768 e. The van der Waals surface area contributed by atoms with Crippen LogP contribution in [0, 0.1) is 12.3 Å². The van der Waals surface area contributed by atoms with Crippen LogP contribution in [0.2, 0.25) is 0 Å². The van der Waals surface area contributed by atoms with Crippen LogP contribution in [0.4, 0.5) is 11.4 Å². The first-order valence-corrected chi connectivity index (χ1v) is 28.5. The smallest absolute Gasteiger partial charge is 0.294 e. The molecule has 1 aromatic heterocycles. The predicted octanol–water partition coefficient (Wildman–Crippen LogP) is 8.52. The summed E-state index contributed by atoms with van der Waals surface area (Å²) >= 11 is -2.46. The summed E-state index contributed by atoms with van der Waals surface area (Å²) in [7, 11) is -4.39. The number of ketones is 1. The van der Waals surface area contributed by atoms with Gasteiger partial charge in [-0.25, -0.2) is 0 Å². The minimum Gasteiger partial charge on any atom is -0.768 e. The van der Waals surface area contributed by atoms with Crippen molar-refractivity contribution in [2.75, 3.05) is 24.5 Å². The van der Waals surface area contributed by atoms with Crippen LogP contribution in [0.1, 0.15) is 121 Å². The van der Waals surface area contributed by atoms with Gasteiger partial charge in [-0.05, 0) is 151 Å². The van der Waals surface area contributed by atoms with E-state index >= 15 is 0 Å². The highest BCUT2D eigenvalue weighted by atomic mass is 32.2. The van der Waals surface area contributed by atoms with Crippen LogP contribution in [0.5, 0.6) is 0 Å². The molecule has 2 atom stereocenters. The first-order chi connectivity index (χ1) is 36.5. The molecule has 0 saturated heterocycles. The summed E-state index contributed by atoms with van der Waals surface area (Å²) in [6, 6.07) is 24.8. The molecule has 4 aromatic carbocycles. The maximum atomic E-state index is 14.4. The number of amides is 1. The summed E-state index contributed by atoms with van der Waals surface area (Å²) in [4.78, 5) is 29.8. The normalized spacial score (nSPS) is 16.8. The van der Waals surface area contributed by atoms with Gasteiger partial charge in [0.25, 0.3) is 16.0 Å². The molecule has 0 spiro atoms. The third-order valence-electron chi connectivity index (χ3n) is 15.4. The number of benzene rings is 4. The van der Waals surface area contributed by atoms with Gasteiger partial charge in [-0.3, -0.25) is 18.4 Å². The van der Waals surface area contributed by atoms with E-state index in [9.17, 15) is 31.3 Å². The van der Waals surface area contributed by atoms with Crippen molar-refractivity contribution in [3.05, 3.63) is 155 Å². The molecule has 0 saturated carbocycles. The predicted molar refractivity (Wildman–Crippen MR) is 303 cm³/mol. The zero-order chi connectivity index (χ0) is 57.2. The molecule has 0 radical (unpaired) electrons. The zero-order valence-corrected chi connectivity index (χ0v) is 48.3. The van der Waals surface area contributed by atoms with Crippen molar-refractivity contribution in [2.45, 2.75) is 140 Å². The second-order valence-electron chi connectivity index (χ2n) is 22.7. The molecule has 0 fully saturated rings. The lowest BCUT2D eigenvalue weighted by atomic mass is 9.69. The van der Waals surface area contributed by atoms with Crippen LogP contribution in [-0.4, -0.2) is 101 Å². The molecule has 5 aromatic rings. The molecule has 1 amide bonds. The number of rotatable bonds is 22. The Hall–Kier alpha value is -6.45. The summed E-state index contributed by atoms with van der Waals surface area (Å²) < 4.78 is 66.4. The van der Waals surface area contributed by atoms with Crippen LogP contribution in [0.15, 0.2) is 131 Å². The number of allylic oxidation sites excluding steroid dienone is 6. The van der Waals surface area contributed by atoms with Gasteiger partial charge in [0.2, 0.25) is 11.5 Å². The third-order valence-corrected chi connectivity index (χ3v) is 16.9. The minimum absolute atomic E-state index is 0.0313. The lowest BCUT2D eigenvalue weighted by Crippen LogP contribution is -2.58. The van der Waals surface area contributed by atoms with E-state index in [1.165, 1.54) is 12.1 Å². The molecule has 5 N–H and O–H groups in total. The third kappa shape index (κ3) is 12.7. The second kappa shape index (κ2) is 23.1. The van der Waals surface area contributed by atoms with Gasteiger partial charge in [0, 0.05) is 61.5 Å². The van der Waals surface area contributed by atoms with Crippen molar-refractivity contribution >= 4 is 50.0 Å². The Bertz CT molecular complexity index is 3330. The summed E-state index contributed by atoms with van der Waals surface area (Å²) in [5.74, 6) is 0.721. The Balaban J connectivity index is 0.948. The molecule has 2 aliphatic rings. The van der Waals surface area contributed by atoms with Gasteiger partial charge in [0.15, 0.2) is 17.3 Å². The van der Waals surface area contributed by atoms with Crippen molar-refractivity contribution in [1.82, 2.24) is 31.0 Å². The average molecular weight is 1100 g/mol. The fraction of sp³-hybridized carbons (Fsp3) is 0.407. The number of aryl methyl sites for hydroxylation is 1. The van der Waals surface area contributed by atoms with E-state index in [2.05, 4.69) is 40.5 Å². The summed E-state index contributed by atoms with van der Waals surface area (Å²) in [6.45, 7) is 25.1. The first-order valence-electron chi connectivity index (χ1n) is 26.0. The van der Waals surface area contributed by atoms with E-state index in [1.807, 2.05) is 149 Å². The first kappa shape index (κ1) is 59.2. The molecule has 0 bridgehead atoms. The average Bonchev–Trinajstić information content (AvgIpc) is 3.95. The quantitative estimate of drug-likeness (QED) is 0.0127. The lowest BCUT2D eigenvalue weighted by molar-refractivity contribution is -0.433. The number of nitrogens with one attached hydrogen (secondary N) is 2. The summed E-state index contributed by atoms with van der Waals surface area (Å²) in [5.41, 5.74) is 11.1. The highest BCUT2D eigenvalue weighted by molar-refractivity contribution is 7.85. The monoisotopic (exact) mass is 1100 g/mol. The second-order valence-corrected chi connectivity index (χ2v) is 25.0. The van der Waals surface area contributed by atoms with E-state index in [4.69, 9.17) is 10.5 Å². The fourth-order valence-electron chi connectivity index (χ4n) is 10.2. The number of hydrogen-bond acceptors (Lipinski definition) is 14. The van der Waals surface area contributed by atoms with Crippen molar-refractivity contribution in [3.8, 4) is 11.4 Å². The molecule has 3 heterocycles. The minimum atomic E-state index is -4.39. The topological polar surface area (TPSA) is 246 Å². The number of nitrogens with two attached hydrogens (primary N) is 1. The van der Waals surface area contributed by atoms with E-state index in [0.717, 1.165) is 50.6 Å². The Morgan fingerprint density at radius 2 is 1.53 bits per heavy atom. The van der Waals surface area contributed by atoms with Crippen LogP contribution < -0.4 is 21.3 Å². The molecule has 414 valence electrons. The van der Waals surface area contributed by atoms with Crippen LogP contribution in [0.25, 0.3) is 11.4 Å². The van der Waals surface area contributed by atoms with Gasteiger partial charge in [0.05, 0.1) is 29.0 Å². The van der Waals surface area contributed by atoms with Crippen LogP contribution in [-0.2, 0) is 54.6 Å². The number of nitrogens with zero attached hydrogens (tertiary/aromatic N) is 6. The number of anilines is 1. The molecule has 19 heteroatoms. The summed E-state index contributed by atoms with van der Waals surface area (Å²) in [5, 5.41) is 22.6. The van der Waals surface area contributed by atoms with E-state index in [-0.39, 0.29) is 34.6 Å². The Morgan fingerprint density at radius 1 is 0.872 bits per heavy atom. The van der Waals surface area contributed by atoms with Gasteiger partial charge in [-0.15, -0.1) is 20.4 Å². The molecule has 2 unspecified atom stereocenters. The number of carbonyl (C=O) groups is 2. The summed E-state index contributed by atoms with van der Waals surface area (Å²) in [6.07, 6.45) is 10.2. The molecule has 17 nitrogen and oxygen atoms in total. The van der Waals surface area contributed by atoms with E-state index < -0.39 is 54.7 Å². The molecular formula is C59H73N9O8S2. The van der Waals surface area contributed by atoms with Crippen LogP contribution >= 0.6 is 0 Å². The van der Waals surface area contributed by atoms with Crippen molar-refractivity contribution in [3.63, 3.8) is 0 Å². The molecule has 0 aliphatic carbocycles. The molecule has 78 heavy (non-hydrogen) atoms. The Kier molecular flexibility index (Phi) is 17.5. The highest BCUT2D eigenvalue weighted by Gasteiger charge is 2.53. The van der Waals surface area contributed by atoms with Gasteiger partial charge >= 0.3 is 0 Å². The van der Waals surface area contributed by atoms with E-state index in [0.29, 0.717) is 43.1 Å². The molecule has 2 aliphatic heterocycles. The van der Waals surface area contributed by atoms with Gasteiger partial charge < -0.3 is 30.6 Å².